The van der Waals surface area contributed by atoms with Crippen LogP contribution < -0.4 is 9.64 Å². The number of carbonyl (C=O) groups is 2. The highest BCUT2D eigenvalue weighted by Gasteiger charge is 2.42. The van der Waals surface area contributed by atoms with E-state index < -0.39 is 0 Å². The van der Waals surface area contributed by atoms with E-state index >= 15 is 0 Å². The van der Waals surface area contributed by atoms with Crippen molar-refractivity contribution in [3.63, 3.8) is 0 Å². The summed E-state index contributed by atoms with van der Waals surface area (Å²) in [5, 5.41) is 0. The van der Waals surface area contributed by atoms with E-state index in [0.29, 0.717) is 19.4 Å². The van der Waals surface area contributed by atoms with Crippen molar-refractivity contribution in [3.8, 4) is 5.75 Å². The number of nitrogens with zero attached hydrogens (tertiary/aromatic N) is 2. The molecule has 1 saturated heterocycles. The summed E-state index contributed by atoms with van der Waals surface area (Å²) in [6.07, 6.45) is 4.95. The van der Waals surface area contributed by atoms with Gasteiger partial charge in [-0.05, 0) is 55.0 Å². The molecule has 0 bridgehead atoms. The Bertz CT molecular complexity index is 925. The number of likely N-dealkylation sites (tertiary alicyclic amines) is 1. The number of ether oxygens (including phenoxy) is 1. The predicted octanol–water partition coefficient (Wildman–Crippen LogP) is 4.75. The van der Waals surface area contributed by atoms with Crippen LogP contribution >= 0.6 is 0 Å². The van der Waals surface area contributed by atoms with Gasteiger partial charge in [0, 0.05) is 25.2 Å². The molecular formula is C26H32N2O3. The molecule has 31 heavy (non-hydrogen) atoms. The van der Waals surface area contributed by atoms with Crippen molar-refractivity contribution < 1.29 is 14.3 Å². The lowest BCUT2D eigenvalue weighted by Gasteiger charge is -2.43. The number of amides is 2. The molecule has 0 radical (unpaired) electrons. The fourth-order valence-corrected chi connectivity index (χ4v) is 4.98. The van der Waals surface area contributed by atoms with Crippen molar-refractivity contribution in [2.45, 2.75) is 51.5 Å². The number of para-hydroxylation sites is 1. The number of hydrogen-bond acceptors (Lipinski definition) is 3. The summed E-state index contributed by atoms with van der Waals surface area (Å²) in [6.45, 7) is 3.56. The first-order valence-electron chi connectivity index (χ1n) is 11.5. The van der Waals surface area contributed by atoms with E-state index in [4.69, 9.17) is 4.74 Å². The monoisotopic (exact) mass is 420 g/mol. The van der Waals surface area contributed by atoms with Crippen LogP contribution in [0.15, 0.2) is 48.5 Å². The maximum absolute atomic E-state index is 13.9. The van der Waals surface area contributed by atoms with Gasteiger partial charge in [0.15, 0.2) is 0 Å². The summed E-state index contributed by atoms with van der Waals surface area (Å²) >= 11 is 0. The second-order valence-electron chi connectivity index (χ2n) is 8.53. The van der Waals surface area contributed by atoms with E-state index in [2.05, 4.69) is 19.1 Å². The van der Waals surface area contributed by atoms with Gasteiger partial charge in [0.1, 0.15) is 5.75 Å². The van der Waals surface area contributed by atoms with Gasteiger partial charge in [-0.15, -0.1) is 0 Å². The van der Waals surface area contributed by atoms with Gasteiger partial charge in [-0.1, -0.05) is 43.7 Å². The fourth-order valence-electron chi connectivity index (χ4n) is 4.98. The first-order chi connectivity index (χ1) is 15.1. The molecular weight excluding hydrogens is 388 g/mol. The molecule has 5 nitrogen and oxygen atoms in total. The van der Waals surface area contributed by atoms with Crippen LogP contribution in [0.3, 0.4) is 0 Å². The molecule has 4 rings (SSSR count). The van der Waals surface area contributed by atoms with E-state index in [1.165, 1.54) is 5.56 Å². The van der Waals surface area contributed by atoms with Gasteiger partial charge >= 0.3 is 0 Å². The Morgan fingerprint density at radius 3 is 2.61 bits per heavy atom. The second kappa shape index (κ2) is 9.54. The first-order valence-corrected chi connectivity index (χ1v) is 11.5. The Labute approximate surface area is 185 Å². The molecule has 2 aliphatic rings. The Morgan fingerprint density at radius 1 is 1.10 bits per heavy atom. The van der Waals surface area contributed by atoms with Crippen LogP contribution in [0.2, 0.25) is 0 Å². The third kappa shape index (κ3) is 4.32. The van der Waals surface area contributed by atoms with E-state index in [1.807, 2.05) is 46.2 Å². The third-order valence-corrected chi connectivity index (χ3v) is 6.61. The van der Waals surface area contributed by atoms with E-state index in [9.17, 15) is 9.59 Å². The maximum atomic E-state index is 13.9. The number of rotatable bonds is 6. The van der Waals surface area contributed by atoms with Gasteiger partial charge in [0.2, 0.25) is 11.8 Å². The minimum atomic E-state index is -0.242. The van der Waals surface area contributed by atoms with Gasteiger partial charge in [0.05, 0.1) is 19.1 Å². The number of hydrogen-bond donors (Lipinski definition) is 0. The third-order valence-electron chi connectivity index (χ3n) is 6.61. The molecule has 5 heteroatoms. The van der Waals surface area contributed by atoms with Crippen molar-refractivity contribution in [3.05, 3.63) is 59.7 Å². The largest absolute Gasteiger partial charge is 0.497 e. The number of carbonyl (C=O) groups excluding carboxylic acids is 2. The molecule has 0 unspecified atom stereocenters. The highest BCUT2D eigenvalue weighted by atomic mass is 16.5. The fraction of sp³-hybridized carbons (Fsp3) is 0.462. The predicted molar refractivity (Wildman–Crippen MR) is 122 cm³/mol. The van der Waals surface area contributed by atoms with E-state index in [0.717, 1.165) is 49.2 Å². The van der Waals surface area contributed by atoms with Crippen LogP contribution in [-0.2, 0) is 16.0 Å². The standard InChI is InChI=1S/C26H32N2O3/c1-3-4-17-28-24(29)16-15-22(25(28)20-11-13-21(31-2)14-12-20)26(30)27-18-7-9-19-8-5-6-10-23(19)27/h5-6,8,10-14,22,25H,3-4,7,9,15-18H2,1-2H3/t22-,25+/m0/s1. The molecule has 0 saturated carbocycles. The van der Waals surface area contributed by atoms with Crippen LogP contribution in [0, 0.1) is 5.92 Å². The lowest BCUT2D eigenvalue weighted by atomic mass is 9.82. The number of methoxy groups -OCH3 is 1. The summed E-state index contributed by atoms with van der Waals surface area (Å²) in [4.78, 5) is 30.8. The maximum Gasteiger partial charge on any atom is 0.232 e. The Hall–Kier alpha value is -2.82. The average molecular weight is 421 g/mol. The number of aryl methyl sites for hydroxylation is 1. The van der Waals surface area contributed by atoms with E-state index in [-0.39, 0.29) is 23.8 Å². The van der Waals surface area contributed by atoms with Crippen LogP contribution in [0.25, 0.3) is 0 Å². The molecule has 2 atom stereocenters. The van der Waals surface area contributed by atoms with Crippen LogP contribution in [0.1, 0.15) is 56.2 Å². The number of piperidine rings is 1. The molecule has 164 valence electrons. The van der Waals surface area contributed by atoms with Gasteiger partial charge < -0.3 is 14.5 Å². The SMILES string of the molecule is CCCCN1C(=O)CC[C@H](C(=O)N2CCCc3ccccc32)[C@H]1c1ccc(OC)cc1. The van der Waals surface area contributed by atoms with Crippen molar-refractivity contribution in [1.29, 1.82) is 0 Å². The van der Waals surface area contributed by atoms with Gasteiger partial charge in [-0.25, -0.2) is 0 Å². The molecule has 0 spiro atoms. The summed E-state index contributed by atoms with van der Waals surface area (Å²) in [5.41, 5.74) is 3.27. The summed E-state index contributed by atoms with van der Waals surface area (Å²) in [7, 11) is 1.65. The van der Waals surface area contributed by atoms with Gasteiger partial charge in [-0.3, -0.25) is 9.59 Å². The number of benzene rings is 2. The molecule has 0 aliphatic carbocycles. The second-order valence-corrected chi connectivity index (χ2v) is 8.53. The zero-order chi connectivity index (χ0) is 21.8. The Balaban J connectivity index is 1.70. The van der Waals surface area contributed by atoms with Crippen molar-refractivity contribution in [2.24, 2.45) is 5.92 Å². The Kier molecular flexibility index (Phi) is 6.59. The lowest BCUT2D eigenvalue weighted by Crippen LogP contribution is -2.50. The molecule has 0 aromatic heterocycles. The number of anilines is 1. The Morgan fingerprint density at radius 2 is 1.87 bits per heavy atom. The molecule has 2 aromatic carbocycles. The molecule has 2 amide bonds. The van der Waals surface area contributed by atoms with Crippen LogP contribution in [-0.4, -0.2) is 36.9 Å². The topological polar surface area (TPSA) is 49.9 Å². The lowest BCUT2D eigenvalue weighted by molar-refractivity contribution is -0.142. The highest BCUT2D eigenvalue weighted by molar-refractivity contribution is 5.97. The minimum absolute atomic E-state index is 0.141. The molecule has 0 N–H and O–H groups in total. The zero-order valence-corrected chi connectivity index (χ0v) is 18.5. The molecule has 2 heterocycles. The molecule has 1 fully saturated rings. The zero-order valence-electron chi connectivity index (χ0n) is 18.5. The summed E-state index contributed by atoms with van der Waals surface area (Å²) < 4.78 is 5.32. The summed E-state index contributed by atoms with van der Waals surface area (Å²) in [6, 6.07) is 15.8. The normalized spacial score (nSPS) is 21.0. The quantitative estimate of drug-likeness (QED) is 0.677. The van der Waals surface area contributed by atoms with E-state index in [1.54, 1.807) is 7.11 Å². The van der Waals surface area contributed by atoms with Crippen molar-refractivity contribution >= 4 is 17.5 Å². The van der Waals surface area contributed by atoms with Gasteiger partial charge in [0.25, 0.3) is 0 Å². The van der Waals surface area contributed by atoms with Crippen LogP contribution in [0.4, 0.5) is 5.69 Å². The van der Waals surface area contributed by atoms with Crippen molar-refractivity contribution in [2.75, 3.05) is 25.1 Å². The first kappa shape index (κ1) is 21.4. The smallest absolute Gasteiger partial charge is 0.232 e. The number of unbranched alkanes of at least 4 members (excludes halogenated alkanes) is 1. The van der Waals surface area contributed by atoms with Gasteiger partial charge in [-0.2, -0.15) is 0 Å². The highest BCUT2D eigenvalue weighted by Crippen LogP contribution is 2.40. The van der Waals surface area contributed by atoms with Crippen LogP contribution in [0.5, 0.6) is 5.75 Å². The van der Waals surface area contributed by atoms with Crippen molar-refractivity contribution in [1.82, 2.24) is 4.90 Å². The average Bonchev–Trinajstić information content (AvgIpc) is 2.82. The molecule has 2 aliphatic heterocycles. The summed E-state index contributed by atoms with van der Waals surface area (Å²) in [5.74, 6) is 0.826. The number of fused-ring (bicyclic) bond motifs is 1. The minimum Gasteiger partial charge on any atom is -0.497 e. The molecule has 2 aromatic rings.